The fraction of sp³-hybridized carbons (Fsp3) is 0.462. The molecule has 0 atom stereocenters. The Morgan fingerprint density at radius 2 is 1.88 bits per heavy atom. The summed E-state index contributed by atoms with van der Waals surface area (Å²) in [7, 11) is 0. The van der Waals surface area contributed by atoms with Crippen LogP contribution in [0, 0.1) is 0 Å². The molecule has 0 aromatic heterocycles. The van der Waals surface area contributed by atoms with Crippen LogP contribution >= 0.6 is 0 Å². The van der Waals surface area contributed by atoms with Gasteiger partial charge in [0.1, 0.15) is 6.67 Å². The van der Waals surface area contributed by atoms with Crippen molar-refractivity contribution in [1.29, 1.82) is 0 Å². The van der Waals surface area contributed by atoms with Crippen molar-refractivity contribution in [2.24, 2.45) is 4.99 Å². The van der Waals surface area contributed by atoms with Crippen LogP contribution in [-0.2, 0) is 17.0 Å². The second-order valence-corrected chi connectivity index (χ2v) is 4.27. The number of hydrogen-bond acceptors (Lipinski definition) is 2. The Morgan fingerprint density at radius 1 is 1.25 bits per heavy atom. The first-order valence-corrected chi connectivity index (χ1v) is 5.55. The molecule has 1 aliphatic carbocycles. The third kappa shape index (κ3) is 1.91. The summed E-state index contributed by atoms with van der Waals surface area (Å²) in [5, 5.41) is 0. The van der Waals surface area contributed by atoms with Gasteiger partial charge in [-0.2, -0.15) is 4.99 Å². The quantitative estimate of drug-likeness (QED) is 0.566. The molecule has 1 aromatic carbocycles. The summed E-state index contributed by atoms with van der Waals surface area (Å²) < 4.78 is 12.4. The Kier molecular flexibility index (Phi) is 3.16. The van der Waals surface area contributed by atoms with E-state index >= 15 is 0 Å². The second kappa shape index (κ2) is 4.58. The number of alkyl halides is 1. The normalized spacial score (nSPS) is 18.1. The molecule has 0 radical (unpaired) electrons. The van der Waals surface area contributed by atoms with Gasteiger partial charge in [-0.1, -0.05) is 37.1 Å². The number of carbonyl (C=O) groups excluding carboxylic acids is 1. The van der Waals surface area contributed by atoms with Crippen LogP contribution in [0.4, 0.5) is 4.39 Å². The third-order valence-electron chi connectivity index (χ3n) is 3.34. The van der Waals surface area contributed by atoms with Crippen molar-refractivity contribution < 1.29 is 9.18 Å². The molecule has 2 rings (SSSR count). The number of isocyanates is 1. The van der Waals surface area contributed by atoms with Crippen LogP contribution in [0.3, 0.4) is 0 Å². The van der Waals surface area contributed by atoms with E-state index < -0.39 is 12.2 Å². The van der Waals surface area contributed by atoms with E-state index in [4.69, 9.17) is 0 Å². The summed E-state index contributed by atoms with van der Waals surface area (Å²) in [6, 6.07) is 7.27. The Bertz CT molecular complexity index is 400. The van der Waals surface area contributed by atoms with Crippen LogP contribution in [0.1, 0.15) is 36.8 Å². The standard InChI is InChI=1S/C13H14FNO/c14-9-11-3-5-12(6-4-11)13(15-10-16)7-1-2-8-13/h3-6H,1-2,7-9H2. The molecule has 3 heteroatoms. The zero-order valence-corrected chi connectivity index (χ0v) is 9.08. The summed E-state index contributed by atoms with van der Waals surface area (Å²) in [4.78, 5) is 14.5. The molecule has 1 aliphatic rings. The van der Waals surface area contributed by atoms with E-state index in [9.17, 15) is 9.18 Å². The maximum absolute atomic E-state index is 12.4. The highest BCUT2D eigenvalue weighted by Crippen LogP contribution is 2.41. The second-order valence-electron chi connectivity index (χ2n) is 4.27. The lowest BCUT2D eigenvalue weighted by Crippen LogP contribution is -2.18. The van der Waals surface area contributed by atoms with E-state index in [2.05, 4.69) is 4.99 Å². The van der Waals surface area contributed by atoms with Gasteiger partial charge in [0.25, 0.3) is 0 Å². The number of halogens is 1. The predicted molar refractivity (Wildman–Crippen MR) is 59.5 cm³/mol. The molecule has 0 amide bonds. The van der Waals surface area contributed by atoms with Crippen LogP contribution in [-0.4, -0.2) is 6.08 Å². The van der Waals surface area contributed by atoms with Crippen LogP contribution < -0.4 is 0 Å². The van der Waals surface area contributed by atoms with Crippen LogP contribution in [0.15, 0.2) is 29.3 Å². The van der Waals surface area contributed by atoms with Crippen LogP contribution in [0.5, 0.6) is 0 Å². The molecule has 1 aromatic rings. The zero-order valence-electron chi connectivity index (χ0n) is 9.08. The lowest BCUT2D eigenvalue weighted by atomic mass is 9.88. The van der Waals surface area contributed by atoms with Gasteiger partial charge in [0.05, 0.1) is 5.54 Å². The van der Waals surface area contributed by atoms with Crippen molar-refractivity contribution >= 4 is 6.08 Å². The Morgan fingerprint density at radius 3 is 2.38 bits per heavy atom. The fourth-order valence-corrected chi connectivity index (χ4v) is 2.42. The Labute approximate surface area is 94.2 Å². The molecule has 84 valence electrons. The van der Waals surface area contributed by atoms with E-state index in [-0.39, 0.29) is 0 Å². The molecule has 0 saturated heterocycles. The number of nitrogens with zero attached hydrogens (tertiary/aromatic N) is 1. The topological polar surface area (TPSA) is 29.4 Å². The maximum atomic E-state index is 12.4. The molecular weight excluding hydrogens is 205 g/mol. The lowest BCUT2D eigenvalue weighted by Gasteiger charge is -2.22. The molecule has 16 heavy (non-hydrogen) atoms. The predicted octanol–water partition coefficient (Wildman–Crippen LogP) is 3.26. The first-order chi connectivity index (χ1) is 7.80. The van der Waals surface area contributed by atoms with Gasteiger partial charge in [0.2, 0.25) is 6.08 Å². The van der Waals surface area contributed by atoms with Gasteiger partial charge in [0, 0.05) is 0 Å². The maximum Gasteiger partial charge on any atom is 0.235 e. The van der Waals surface area contributed by atoms with E-state index in [1.165, 1.54) is 0 Å². The Balaban J connectivity index is 2.35. The van der Waals surface area contributed by atoms with Crippen LogP contribution in [0.2, 0.25) is 0 Å². The minimum absolute atomic E-state index is 0.392. The van der Waals surface area contributed by atoms with Gasteiger partial charge < -0.3 is 0 Å². The molecule has 0 bridgehead atoms. The molecule has 2 nitrogen and oxygen atoms in total. The number of aliphatic imine (C=N–C) groups is 1. The number of benzene rings is 1. The lowest BCUT2D eigenvalue weighted by molar-refractivity contribution is 0.454. The summed E-state index contributed by atoms with van der Waals surface area (Å²) >= 11 is 0. The average molecular weight is 219 g/mol. The van der Waals surface area contributed by atoms with Gasteiger partial charge in [-0.3, -0.25) is 0 Å². The van der Waals surface area contributed by atoms with Crippen molar-refractivity contribution in [2.45, 2.75) is 37.9 Å². The van der Waals surface area contributed by atoms with E-state index in [0.29, 0.717) is 5.56 Å². The van der Waals surface area contributed by atoms with Crippen molar-refractivity contribution in [3.63, 3.8) is 0 Å². The zero-order chi connectivity index (χ0) is 11.4. The highest BCUT2D eigenvalue weighted by Gasteiger charge is 2.35. The molecule has 0 N–H and O–H groups in total. The highest BCUT2D eigenvalue weighted by molar-refractivity contribution is 5.39. The number of hydrogen-bond donors (Lipinski definition) is 0. The number of rotatable bonds is 3. The largest absolute Gasteiger partial charge is 0.246 e. The van der Waals surface area contributed by atoms with Gasteiger partial charge >= 0.3 is 0 Å². The monoisotopic (exact) mass is 219 g/mol. The minimum Gasteiger partial charge on any atom is -0.246 e. The molecule has 1 saturated carbocycles. The van der Waals surface area contributed by atoms with Crippen LogP contribution in [0.25, 0.3) is 0 Å². The van der Waals surface area contributed by atoms with E-state index in [1.54, 1.807) is 18.2 Å². The van der Waals surface area contributed by atoms with Gasteiger partial charge in [-0.25, -0.2) is 9.18 Å². The van der Waals surface area contributed by atoms with Gasteiger partial charge in [-0.05, 0) is 24.0 Å². The third-order valence-corrected chi connectivity index (χ3v) is 3.34. The van der Waals surface area contributed by atoms with E-state index in [1.807, 2.05) is 12.1 Å². The van der Waals surface area contributed by atoms with Crippen molar-refractivity contribution in [2.75, 3.05) is 0 Å². The van der Waals surface area contributed by atoms with Gasteiger partial charge in [-0.15, -0.1) is 0 Å². The molecule has 0 spiro atoms. The Hall–Kier alpha value is -1.47. The van der Waals surface area contributed by atoms with E-state index in [0.717, 1.165) is 31.2 Å². The molecule has 0 heterocycles. The minimum atomic E-state index is -0.454. The van der Waals surface area contributed by atoms with Crippen molar-refractivity contribution in [3.05, 3.63) is 35.4 Å². The first-order valence-electron chi connectivity index (χ1n) is 5.55. The summed E-state index contributed by atoms with van der Waals surface area (Å²) in [6.45, 7) is -0.454. The smallest absolute Gasteiger partial charge is 0.235 e. The average Bonchev–Trinajstić information content (AvgIpc) is 2.80. The highest BCUT2D eigenvalue weighted by atomic mass is 19.1. The van der Waals surface area contributed by atoms with Gasteiger partial charge in [0.15, 0.2) is 0 Å². The summed E-state index contributed by atoms with van der Waals surface area (Å²) in [5.74, 6) is 0. The summed E-state index contributed by atoms with van der Waals surface area (Å²) in [5.41, 5.74) is 1.27. The van der Waals surface area contributed by atoms with Crippen molar-refractivity contribution in [1.82, 2.24) is 0 Å². The molecule has 0 aliphatic heterocycles. The fourth-order valence-electron chi connectivity index (χ4n) is 2.42. The first kappa shape index (κ1) is 11.0. The van der Waals surface area contributed by atoms with Crippen molar-refractivity contribution in [3.8, 4) is 0 Å². The molecule has 1 fully saturated rings. The SMILES string of the molecule is O=C=NC1(c2ccc(CF)cc2)CCCC1. The molecule has 0 unspecified atom stereocenters. The molecular formula is C13H14FNO. The summed E-state index contributed by atoms with van der Waals surface area (Å²) in [6.07, 6.45) is 5.61.